The molecule has 92 valence electrons. The van der Waals surface area contributed by atoms with E-state index in [0.717, 1.165) is 28.3 Å². The first-order valence-electron chi connectivity index (χ1n) is 5.90. The van der Waals surface area contributed by atoms with Gasteiger partial charge in [0, 0.05) is 11.4 Å². The lowest BCUT2D eigenvalue weighted by Gasteiger charge is -2.17. The minimum Gasteiger partial charge on any atom is -0.494 e. The van der Waals surface area contributed by atoms with Gasteiger partial charge < -0.3 is 4.74 Å². The Morgan fingerprint density at radius 2 is 2.18 bits per heavy atom. The van der Waals surface area contributed by atoms with E-state index < -0.39 is 0 Å². The van der Waals surface area contributed by atoms with Gasteiger partial charge in [-0.2, -0.15) is 5.26 Å². The van der Waals surface area contributed by atoms with Crippen molar-refractivity contribution in [3.63, 3.8) is 0 Å². The van der Waals surface area contributed by atoms with Gasteiger partial charge in [-0.3, -0.25) is 0 Å². The van der Waals surface area contributed by atoms with Crippen molar-refractivity contribution in [1.82, 2.24) is 0 Å². The van der Waals surface area contributed by atoms with Gasteiger partial charge in [-0.15, -0.1) is 0 Å². The fourth-order valence-electron chi connectivity index (χ4n) is 1.77. The Morgan fingerprint density at radius 3 is 2.76 bits per heavy atom. The summed E-state index contributed by atoms with van der Waals surface area (Å²) in [6.45, 7) is 6.67. The third-order valence-electron chi connectivity index (χ3n) is 2.81. The van der Waals surface area contributed by atoms with Gasteiger partial charge in [-0.05, 0) is 49.4 Å². The zero-order valence-corrected chi connectivity index (χ0v) is 11.3. The molecule has 1 atom stereocenters. The molecule has 0 aliphatic rings. The molecule has 0 aliphatic carbocycles. The van der Waals surface area contributed by atoms with Crippen LogP contribution in [0.4, 0.5) is 0 Å². The monoisotopic (exact) mass is 251 g/mol. The molecule has 1 aromatic carbocycles. The molecule has 0 aromatic heterocycles. The van der Waals surface area contributed by atoms with Crippen molar-refractivity contribution >= 4 is 11.6 Å². The second kappa shape index (κ2) is 6.51. The molecule has 1 rings (SSSR count). The first kappa shape index (κ1) is 13.9. The Balaban J connectivity index is 3.03. The second-order valence-electron chi connectivity index (χ2n) is 4.17. The van der Waals surface area contributed by atoms with Gasteiger partial charge in [0.2, 0.25) is 0 Å². The molecule has 3 heteroatoms. The molecule has 1 aromatic rings. The maximum Gasteiger partial charge on any atom is 0.123 e. The first-order valence-corrected chi connectivity index (χ1v) is 6.27. The molecule has 0 bridgehead atoms. The maximum atomic E-state index is 8.63. The summed E-state index contributed by atoms with van der Waals surface area (Å²) in [6.07, 6.45) is 1.38. The number of benzene rings is 1. The van der Waals surface area contributed by atoms with Crippen molar-refractivity contribution in [3.05, 3.63) is 28.3 Å². The average molecular weight is 252 g/mol. The Hall–Kier alpha value is -1.20. The second-order valence-corrected chi connectivity index (χ2v) is 4.58. The molecule has 0 aliphatic heterocycles. The molecule has 0 radical (unpaired) electrons. The molecule has 0 heterocycles. The summed E-state index contributed by atoms with van der Waals surface area (Å²) in [7, 11) is 0. The van der Waals surface area contributed by atoms with Gasteiger partial charge in [0.15, 0.2) is 0 Å². The number of hydrogen-bond acceptors (Lipinski definition) is 2. The van der Waals surface area contributed by atoms with Crippen molar-refractivity contribution < 1.29 is 4.74 Å². The third kappa shape index (κ3) is 3.64. The Bertz CT molecular complexity index is 423. The van der Waals surface area contributed by atoms with Crippen molar-refractivity contribution in [1.29, 1.82) is 5.26 Å². The molecule has 17 heavy (non-hydrogen) atoms. The number of nitrogens with zero attached hydrogens (tertiary/aromatic N) is 1. The summed E-state index contributed by atoms with van der Waals surface area (Å²) in [6, 6.07) is 6.11. The third-order valence-corrected chi connectivity index (χ3v) is 3.22. The molecule has 0 N–H and O–H groups in total. The van der Waals surface area contributed by atoms with Crippen LogP contribution in [0, 0.1) is 18.3 Å². The van der Waals surface area contributed by atoms with Crippen LogP contribution in [0.1, 0.15) is 43.7 Å². The van der Waals surface area contributed by atoms with Gasteiger partial charge in [0.25, 0.3) is 0 Å². The fourth-order valence-corrected chi connectivity index (χ4v) is 1.94. The van der Waals surface area contributed by atoms with Crippen LogP contribution < -0.4 is 4.74 Å². The van der Waals surface area contributed by atoms with E-state index in [-0.39, 0.29) is 5.92 Å². The molecular formula is C14H18ClNO. The predicted octanol–water partition coefficient (Wildman–Crippen LogP) is 4.45. The van der Waals surface area contributed by atoms with Crippen molar-refractivity contribution in [2.75, 3.05) is 6.61 Å². The summed E-state index contributed by atoms with van der Waals surface area (Å²) in [4.78, 5) is 0. The van der Waals surface area contributed by atoms with E-state index in [1.165, 1.54) is 0 Å². The van der Waals surface area contributed by atoms with E-state index in [1.54, 1.807) is 0 Å². The van der Waals surface area contributed by atoms with Crippen LogP contribution in [0.3, 0.4) is 0 Å². The lowest BCUT2D eigenvalue weighted by atomic mass is 9.94. The number of aryl methyl sites for hydroxylation is 1. The number of ether oxygens (including phenoxy) is 1. The van der Waals surface area contributed by atoms with E-state index in [2.05, 4.69) is 13.0 Å². The number of halogens is 1. The van der Waals surface area contributed by atoms with E-state index in [9.17, 15) is 0 Å². The van der Waals surface area contributed by atoms with Crippen LogP contribution in [-0.4, -0.2) is 6.61 Å². The Labute approximate surface area is 108 Å². The molecule has 0 spiro atoms. The summed E-state index contributed by atoms with van der Waals surface area (Å²) < 4.78 is 5.63. The summed E-state index contributed by atoms with van der Waals surface area (Å²) >= 11 is 6.14. The number of nitriles is 1. The Morgan fingerprint density at radius 1 is 1.47 bits per heavy atom. The molecule has 1 unspecified atom stereocenters. The quantitative estimate of drug-likeness (QED) is 0.774. The minimum atomic E-state index is 0.286. The summed E-state index contributed by atoms with van der Waals surface area (Å²) in [5.41, 5.74) is 2.11. The van der Waals surface area contributed by atoms with Gasteiger partial charge >= 0.3 is 0 Å². The highest BCUT2D eigenvalue weighted by molar-refractivity contribution is 6.31. The highest BCUT2D eigenvalue weighted by Gasteiger charge is 2.13. The van der Waals surface area contributed by atoms with Crippen LogP contribution in [-0.2, 0) is 0 Å². The lowest BCUT2D eigenvalue weighted by Crippen LogP contribution is -2.01. The topological polar surface area (TPSA) is 33.0 Å². The summed E-state index contributed by atoms with van der Waals surface area (Å²) in [5.74, 6) is 1.18. The SMILES string of the molecule is CCOc1cc(C)c(Cl)cc1C(C)CCC#N. The van der Waals surface area contributed by atoms with Crippen molar-refractivity contribution in [2.45, 2.75) is 39.5 Å². The van der Waals surface area contributed by atoms with Crippen molar-refractivity contribution in [3.8, 4) is 11.8 Å². The highest BCUT2D eigenvalue weighted by Crippen LogP contribution is 2.34. The molecule has 0 saturated carbocycles. The largest absolute Gasteiger partial charge is 0.494 e. The van der Waals surface area contributed by atoms with E-state index in [0.29, 0.717) is 13.0 Å². The molecule has 2 nitrogen and oxygen atoms in total. The van der Waals surface area contributed by atoms with Crippen LogP contribution in [0.2, 0.25) is 5.02 Å². The zero-order valence-electron chi connectivity index (χ0n) is 10.6. The maximum absolute atomic E-state index is 8.63. The minimum absolute atomic E-state index is 0.286. The van der Waals surface area contributed by atoms with Gasteiger partial charge in [0.05, 0.1) is 12.7 Å². The van der Waals surface area contributed by atoms with Crippen molar-refractivity contribution in [2.24, 2.45) is 0 Å². The van der Waals surface area contributed by atoms with Crippen LogP contribution in [0.15, 0.2) is 12.1 Å². The van der Waals surface area contributed by atoms with Crippen LogP contribution in [0.5, 0.6) is 5.75 Å². The Kier molecular flexibility index (Phi) is 5.31. The lowest BCUT2D eigenvalue weighted by molar-refractivity contribution is 0.334. The molecule has 0 fully saturated rings. The molecule has 0 amide bonds. The average Bonchev–Trinajstić information content (AvgIpc) is 2.30. The van der Waals surface area contributed by atoms with E-state index >= 15 is 0 Å². The smallest absolute Gasteiger partial charge is 0.123 e. The molecule has 0 saturated heterocycles. The van der Waals surface area contributed by atoms with Gasteiger partial charge in [0.1, 0.15) is 5.75 Å². The summed E-state index contributed by atoms with van der Waals surface area (Å²) in [5, 5.41) is 9.38. The van der Waals surface area contributed by atoms with Gasteiger partial charge in [-0.25, -0.2) is 0 Å². The normalized spacial score (nSPS) is 11.9. The van der Waals surface area contributed by atoms with E-state index in [1.807, 2.05) is 26.0 Å². The van der Waals surface area contributed by atoms with Crippen LogP contribution in [0.25, 0.3) is 0 Å². The van der Waals surface area contributed by atoms with Gasteiger partial charge in [-0.1, -0.05) is 18.5 Å². The first-order chi connectivity index (χ1) is 8.10. The number of hydrogen-bond donors (Lipinski definition) is 0. The van der Waals surface area contributed by atoms with Crippen LogP contribution >= 0.6 is 11.6 Å². The number of rotatable bonds is 5. The zero-order chi connectivity index (χ0) is 12.8. The molecular weight excluding hydrogens is 234 g/mol. The standard InChI is InChI=1S/C14H18ClNO/c1-4-17-14-8-11(3)13(15)9-12(14)10(2)6-5-7-16/h8-10H,4-6H2,1-3H3. The fraction of sp³-hybridized carbons (Fsp3) is 0.500. The highest BCUT2D eigenvalue weighted by atomic mass is 35.5. The predicted molar refractivity (Wildman–Crippen MR) is 70.6 cm³/mol. The van der Waals surface area contributed by atoms with E-state index in [4.69, 9.17) is 21.6 Å².